The quantitative estimate of drug-likeness (QED) is 0.141. The second-order valence-electron chi connectivity index (χ2n) is 7.69. The van der Waals surface area contributed by atoms with Crippen LogP contribution < -0.4 is 14.5 Å². The van der Waals surface area contributed by atoms with E-state index in [0.717, 1.165) is 0 Å². The summed E-state index contributed by atoms with van der Waals surface area (Å²) in [6.07, 6.45) is 1.28. The van der Waals surface area contributed by atoms with Gasteiger partial charge in [-0.25, -0.2) is 22.0 Å². The van der Waals surface area contributed by atoms with Gasteiger partial charge in [-0.2, -0.15) is 10.1 Å². The minimum Gasteiger partial charge on any atom is -0.493 e. The molecule has 37 heavy (non-hydrogen) atoms. The second-order valence-corrected chi connectivity index (χ2v) is 8.51. The van der Waals surface area contributed by atoms with Gasteiger partial charge in [0.05, 0.1) is 23.4 Å². The number of ether oxygens (including phenoxy) is 2. The van der Waals surface area contributed by atoms with Crippen molar-refractivity contribution in [3.05, 3.63) is 92.2 Å². The summed E-state index contributed by atoms with van der Waals surface area (Å²) < 4.78 is 80.4. The number of rotatable bonds is 6. The highest BCUT2D eigenvalue weighted by Crippen LogP contribution is 2.39. The average Bonchev–Trinajstić information content (AvgIpc) is 3.14. The Hall–Kier alpha value is -3.63. The number of carbonyl (C=O) groups excluding carboxylic acids is 1. The fourth-order valence-electron chi connectivity index (χ4n) is 3.51. The topological polar surface area (TPSA) is 51.1 Å². The van der Waals surface area contributed by atoms with E-state index < -0.39 is 40.7 Å². The number of carbonyl (C=O) groups is 1. The highest BCUT2D eigenvalue weighted by molar-refractivity contribution is 6.33. The van der Waals surface area contributed by atoms with Gasteiger partial charge in [0.25, 0.3) is 5.91 Å². The second kappa shape index (κ2) is 10.4. The molecule has 192 valence electrons. The number of methoxy groups -OCH3 is 1. The van der Waals surface area contributed by atoms with Gasteiger partial charge in [-0.05, 0) is 36.8 Å². The number of halogens is 7. The van der Waals surface area contributed by atoms with E-state index in [2.05, 4.69) is 5.10 Å². The summed E-state index contributed by atoms with van der Waals surface area (Å²) in [5.74, 6) is -11.8. The van der Waals surface area contributed by atoms with Crippen molar-refractivity contribution < 1.29 is 36.2 Å². The molecule has 0 bridgehead atoms. The maximum atomic E-state index is 14.3. The first-order valence-electron chi connectivity index (χ1n) is 10.4. The molecule has 3 aromatic rings. The van der Waals surface area contributed by atoms with Gasteiger partial charge in [0, 0.05) is 10.6 Å². The standard InChI is InChI=1S/C25H15Cl2F5N2O3/c1-11-14(25(35)34(33-11)23-21(31)19(29)18(28)20(30)22(23)32)7-12-8-16(27)24(17(9-12)36-2)37-10-13-5-3-4-6-15(13)26/h3-9H,10H2,1-2H3/b14-7+. The van der Waals surface area contributed by atoms with Gasteiger partial charge in [0.1, 0.15) is 12.3 Å². The monoisotopic (exact) mass is 556 g/mol. The maximum absolute atomic E-state index is 14.3. The van der Waals surface area contributed by atoms with Crippen LogP contribution in [0.3, 0.4) is 0 Å². The Morgan fingerprint density at radius 3 is 2.19 bits per heavy atom. The number of benzene rings is 3. The van der Waals surface area contributed by atoms with Crippen LogP contribution in [0.2, 0.25) is 10.0 Å². The van der Waals surface area contributed by atoms with Crippen molar-refractivity contribution in [2.45, 2.75) is 13.5 Å². The number of amides is 1. The van der Waals surface area contributed by atoms with E-state index in [0.29, 0.717) is 16.1 Å². The van der Waals surface area contributed by atoms with E-state index >= 15 is 0 Å². The number of nitrogens with zero attached hydrogens (tertiary/aromatic N) is 2. The summed E-state index contributed by atoms with van der Waals surface area (Å²) in [6.45, 7) is 1.41. The van der Waals surface area contributed by atoms with Crippen molar-refractivity contribution >= 4 is 46.6 Å². The number of anilines is 1. The first kappa shape index (κ1) is 26.4. The summed E-state index contributed by atoms with van der Waals surface area (Å²) in [5, 5.41) is 4.42. The van der Waals surface area contributed by atoms with E-state index in [4.69, 9.17) is 32.7 Å². The van der Waals surface area contributed by atoms with Crippen LogP contribution in [0.15, 0.2) is 47.1 Å². The summed E-state index contributed by atoms with van der Waals surface area (Å²) in [7, 11) is 1.36. The van der Waals surface area contributed by atoms with Crippen LogP contribution in [0.5, 0.6) is 11.5 Å². The van der Waals surface area contributed by atoms with Crippen LogP contribution >= 0.6 is 23.2 Å². The number of hydrazone groups is 1. The van der Waals surface area contributed by atoms with E-state index in [9.17, 15) is 26.7 Å². The SMILES string of the molecule is COc1cc(/C=C2/C(=O)N(c3c(F)c(F)c(F)c(F)c3F)N=C2C)cc(Cl)c1OCc1ccccc1Cl. The largest absolute Gasteiger partial charge is 0.493 e. The highest BCUT2D eigenvalue weighted by atomic mass is 35.5. The van der Waals surface area contributed by atoms with Crippen molar-refractivity contribution in [1.29, 1.82) is 0 Å². The molecule has 12 heteroatoms. The van der Waals surface area contributed by atoms with E-state index in [-0.39, 0.29) is 39.4 Å². The zero-order chi connectivity index (χ0) is 27.0. The Bertz CT molecular complexity index is 1460. The molecule has 0 unspecified atom stereocenters. The molecule has 0 saturated carbocycles. The zero-order valence-electron chi connectivity index (χ0n) is 19.0. The molecule has 0 radical (unpaired) electrons. The van der Waals surface area contributed by atoms with E-state index in [1.807, 2.05) is 0 Å². The van der Waals surface area contributed by atoms with Crippen LogP contribution in [0.4, 0.5) is 27.6 Å². The van der Waals surface area contributed by atoms with Crippen molar-refractivity contribution in [2.75, 3.05) is 12.1 Å². The molecule has 0 saturated heterocycles. The van der Waals surface area contributed by atoms with Gasteiger partial charge >= 0.3 is 0 Å². The molecule has 0 aliphatic carbocycles. The molecular weight excluding hydrogens is 542 g/mol. The molecule has 0 fully saturated rings. The molecule has 0 atom stereocenters. The van der Waals surface area contributed by atoms with Crippen molar-refractivity contribution in [3.8, 4) is 11.5 Å². The summed E-state index contributed by atoms with van der Waals surface area (Å²) in [5.41, 5.74) is -0.688. The highest BCUT2D eigenvalue weighted by Gasteiger charge is 2.37. The fraction of sp³-hybridized carbons (Fsp3) is 0.120. The van der Waals surface area contributed by atoms with Crippen molar-refractivity contribution in [1.82, 2.24) is 0 Å². The lowest BCUT2D eigenvalue weighted by Crippen LogP contribution is -2.25. The molecule has 0 N–H and O–H groups in total. The third-order valence-corrected chi connectivity index (χ3v) is 6.00. The molecule has 1 heterocycles. The van der Waals surface area contributed by atoms with Gasteiger partial charge in [-0.1, -0.05) is 41.4 Å². The van der Waals surface area contributed by atoms with Gasteiger partial charge in [0.15, 0.2) is 34.8 Å². The van der Waals surface area contributed by atoms with Crippen molar-refractivity contribution in [2.24, 2.45) is 5.10 Å². The molecule has 3 aromatic carbocycles. The van der Waals surface area contributed by atoms with Crippen LogP contribution in [0.25, 0.3) is 6.08 Å². The molecule has 1 aliphatic heterocycles. The zero-order valence-corrected chi connectivity index (χ0v) is 20.5. The first-order chi connectivity index (χ1) is 17.5. The molecule has 0 aromatic heterocycles. The summed E-state index contributed by atoms with van der Waals surface area (Å²) in [4.78, 5) is 12.9. The first-order valence-corrected chi connectivity index (χ1v) is 11.2. The Labute approximate surface area is 217 Å². The lowest BCUT2D eigenvalue weighted by molar-refractivity contribution is -0.114. The number of hydrogen-bond acceptors (Lipinski definition) is 4. The maximum Gasteiger partial charge on any atom is 0.280 e. The lowest BCUT2D eigenvalue weighted by atomic mass is 10.1. The van der Waals surface area contributed by atoms with Crippen LogP contribution in [-0.2, 0) is 11.4 Å². The molecule has 5 nitrogen and oxygen atoms in total. The molecule has 0 spiro atoms. The normalized spacial score (nSPS) is 14.4. The average molecular weight is 557 g/mol. The summed E-state index contributed by atoms with van der Waals surface area (Å²) >= 11 is 12.5. The van der Waals surface area contributed by atoms with Crippen molar-refractivity contribution in [3.63, 3.8) is 0 Å². The van der Waals surface area contributed by atoms with Crippen LogP contribution in [0, 0.1) is 29.1 Å². The third kappa shape index (κ3) is 4.86. The molecule has 1 amide bonds. The molecule has 1 aliphatic rings. The van der Waals surface area contributed by atoms with Gasteiger partial charge < -0.3 is 9.47 Å². The summed E-state index contributed by atoms with van der Waals surface area (Å²) in [6, 6.07) is 9.93. The third-order valence-electron chi connectivity index (χ3n) is 5.35. The molecule has 4 rings (SSSR count). The Morgan fingerprint density at radius 1 is 0.946 bits per heavy atom. The number of hydrogen-bond donors (Lipinski definition) is 0. The van der Waals surface area contributed by atoms with Gasteiger partial charge in [-0.15, -0.1) is 0 Å². The van der Waals surface area contributed by atoms with E-state index in [1.165, 1.54) is 32.2 Å². The lowest BCUT2D eigenvalue weighted by Gasteiger charge is -2.15. The Kier molecular flexibility index (Phi) is 7.42. The van der Waals surface area contributed by atoms with Crippen LogP contribution in [0.1, 0.15) is 18.1 Å². The minimum absolute atomic E-state index is 0.0388. The predicted molar refractivity (Wildman–Crippen MR) is 129 cm³/mol. The van der Waals surface area contributed by atoms with Gasteiger partial charge in [0.2, 0.25) is 5.82 Å². The fourth-order valence-corrected chi connectivity index (χ4v) is 3.97. The Morgan fingerprint density at radius 2 is 1.57 bits per heavy atom. The predicted octanol–water partition coefficient (Wildman–Crippen LogP) is 7.08. The van der Waals surface area contributed by atoms with Gasteiger partial charge in [-0.3, -0.25) is 4.79 Å². The molecular formula is C25H15Cl2F5N2O3. The smallest absolute Gasteiger partial charge is 0.280 e. The van der Waals surface area contributed by atoms with Crippen LogP contribution in [-0.4, -0.2) is 18.7 Å². The van der Waals surface area contributed by atoms with E-state index in [1.54, 1.807) is 24.3 Å². The Balaban J connectivity index is 1.67. The minimum atomic E-state index is -2.35.